The standard InChI is InChI=1S/C13H28N2O3/c1-4-9-15(10-5-2)11-7-6-8-12(14-17)13(16)18-3/h12,14,17H,4-11H2,1-3H3/t12-/m0/s1. The monoisotopic (exact) mass is 260 g/mol. The summed E-state index contributed by atoms with van der Waals surface area (Å²) in [6.07, 6.45) is 4.88. The van der Waals surface area contributed by atoms with Crippen molar-refractivity contribution in [3.8, 4) is 0 Å². The third-order valence-electron chi connectivity index (χ3n) is 2.94. The highest BCUT2D eigenvalue weighted by Crippen LogP contribution is 2.05. The van der Waals surface area contributed by atoms with E-state index in [1.165, 1.54) is 20.0 Å². The molecular weight excluding hydrogens is 232 g/mol. The van der Waals surface area contributed by atoms with Crippen molar-refractivity contribution in [1.29, 1.82) is 0 Å². The van der Waals surface area contributed by atoms with Crippen molar-refractivity contribution < 1.29 is 14.7 Å². The van der Waals surface area contributed by atoms with E-state index in [0.717, 1.165) is 32.5 Å². The predicted molar refractivity (Wildman–Crippen MR) is 71.6 cm³/mol. The van der Waals surface area contributed by atoms with E-state index in [0.29, 0.717) is 6.42 Å². The first kappa shape index (κ1) is 17.4. The van der Waals surface area contributed by atoms with E-state index in [1.807, 2.05) is 5.48 Å². The SMILES string of the molecule is CCCN(CCC)CCCC[C@H](NO)C(=O)OC. The molecule has 0 fully saturated rings. The Bertz CT molecular complexity index is 206. The van der Waals surface area contributed by atoms with E-state index in [4.69, 9.17) is 5.21 Å². The molecule has 0 saturated carbocycles. The molecule has 5 nitrogen and oxygen atoms in total. The number of ether oxygens (including phenoxy) is 1. The van der Waals surface area contributed by atoms with Crippen LogP contribution in [-0.4, -0.2) is 48.9 Å². The number of hydroxylamine groups is 1. The van der Waals surface area contributed by atoms with E-state index >= 15 is 0 Å². The lowest BCUT2D eigenvalue weighted by atomic mass is 10.1. The maximum Gasteiger partial charge on any atom is 0.325 e. The molecule has 0 rings (SSSR count). The summed E-state index contributed by atoms with van der Waals surface area (Å²) in [6, 6.07) is -0.596. The summed E-state index contributed by atoms with van der Waals surface area (Å²) in [5, 5.41) is 8.84. The molecule has 0 saturated heterocycles. The molecule has 0 aromatic rings. The van der Waals surface area contributed by atoms with Gasteiger partial charge < -0.3 is 14.8 Å². The van der Waals surface area contributed by atoms with E-state index in [-0.39, 0.29) is 0 Å². The van der Waals surface area contributed by atoms with E-state index in [9.17, 15) is 4.79 Å². The Labute approximate surface area is 110 Å². The molecule has 0 heterocycles. The van der Waals surface area contributed by atoms with E-state index < -0.39 is 12.0 Å². The van der Waals surface area contributed by atoms with Crippen molar-refractivity contribution in [2.24, 2.45) is 0 Å². The summed E-state index contributed by atoms with van der Waals surface area (Å²) in [7, 11) is 1.33. The molecule has 1 atom stereocenters. The summed E-state index contributed by atoms with van der Waals surface area (Å²) < 4.78 is 4.59. The molecule has 0 unspecified atom stereocenters. The Balaban J connectivity index is 3.77. The van der Waals surface area contributed by atoms with Gasteiger partial charge in [0, 0.05) is 0 Å². The number of unbranched alkanes of at least 4 members (excludes halogenated alkanes) is 1. The molecule has 0 amide bonds. The average molecular weight is 260 g/mol. The Morgan fingerprint density at radius 2 is 1.83 bits per heavy atom. The molecule has 0 aliphatic rings. The number of hydrogen-bond donors (Lipinski definition) is 2. The van der Waals surface area contributed by atoms with Gasteiger partial charge in [0.2, 0.25) is 0 Å². The molecule has 0 spiro atoms. The molecule has 0 aromatic carbocycles. The highest BCUT2D eigenvalue weighted by Gasteiger charge is 2.17. The summed E-state index contributed by atoms with van der Waals surface area (Å²) in [4.78, 5) is 13.7. The van der Waals surface area contributed by atoms with E-state index in [2.05, 4.69) is 23.5 Å². The second-order valence-corrected chi connectivity index (χ2v) is 4.54. The van der Waals surface area contributed by atoms with Gasteiger partial charge in [0.15, 0.2) is 0 Å². The normalized spacial score (nSPS) is 12.7. The Kier molecular flexibility index (Phi) is 11.0. The van der Waals surface area contributed by atoms with Crippen molar-refractivity contribution in [3.05, 3.63) is 0 Å². The van der Waals surface area contributed by atoms with Gasteiger partial charge in [-0.15, -0.1) is 0 Å². The molecule has 0 aliphatic carbocycles. The zero-order valence-electron chi connectivity index (χ0n) is 11.9. The molecule has 5 heteroatoms. The van der Waals surface area contributed by atoms with Gasteiger partial charge in [-0.2, -0.15) is 5.48 Å². The summed E-state index contributed by atoms with van der Waals surface area (Å²) >= 11 is 0. The minimum absolute atomic E-state index is 0.406. The van der Waals surface area contributed by atoms with Crippen molar-refractivity contribution in [1.82, 2.24) is 10.4 Å². The zero-order chi connectivity index (χ0) is 13.8. The number of carbonyl (C=O) groups excluding carboxylic acids is 1. The molecule has 0 bridgehead atoms. The Morgan fingerprint density at radius 3 is 2.28 bits per heavy atom. The molecule has 0 radical (unpaired) electrons. The third-order valence-corrected chi connectivity index (χ3v) is 2.94. The second kappa shape index (κ2) is 11.4. The Morgan fingerprint density at radius 1 is 1.22 bits per heavy atom. The predicted octanol–water partition coefficient (Wildman–Crippen LogP) is 1.80. The second-order valence-electron chi connectivity index (χ2n) is 4.54. The van der Waals surface area contributed by atoms with Crippen molar-refractivity contribution in [2.75, 3.05) is 26.7 Å². The van der Waals surface area contributed by atoms with Crippen LogP contribution in [0.4, 0.5) is 0 Å². The average Bonchev–Trinajstić information content (AvgIpc) is 2.38. The summed E-state index contributed by atoms with van der Waals surface area (Å²) in [5.41, 5.74) is 2.00. The van der Waals surface area contributed by atoms with Crippen LogP contribution >= 0.6 is 0 Å². The fraction of sp³-hybridized carbons (Fsp3) is 0.923. The van der Waals surface area contributed by atoms with Crippen LogP contribution in [-0.2, 0) is 9.53 Å². The van der Waals surface area contributed by atoms with Gasteiger partial charge in [-0.1, -0.05) is 13.8 Å². The number of methoxy groups -OCH3 is 1. The molecule has 108 valence electrons. The first-order valence-electron chi connectivity index (χ1n) is 6.89. The van der Waals surface area contributed by atoms with Crippen molar-refractivity contribution in [3.63, 3.8) is 0 Å². The van der Waals surface area contributed by atoms with Crippen LogP contribution in [0.2, 0.25) is 0 Å². The highest BCUT2D eigenvalue weighted by atomic mass is 16.5. The lowest BCUT2D eigenvalue weighted by Gasteiger charge is -2.21. The minimum Gasteiger partial charge on any atom is -0.468 e. The van der Waals surface area contributed by atoms with Crippen molar-refractivity contribution >= 4 is 5.97 Å². The van der Waals surface area contributed by atoms with Gasteiger partial charge in [-0.3, -0.25) is 4.79 Å². The fourth-order valence-electron chi connectivity index (χ4n) is 2.03. The number of carbonyl (C=O) groups is 1. The minimum atomic E-state index is -0.596. The highest BCUT2D eigenvalue weighted by molar-refractivity contribution is 5.75. The van der Waals surface area contributed by atoms with Gasteiger partial charge in [0.1, 0.15) is 6.04 Å². The number of nitrogens with one attached hydrogen (secondary N) is 1. The smallest absolute Gasteiger partial charge is 0.325 e. The van der Waals surface area contributed by atoms with Crippen LogP contribution in [0.3, 0.4) is 0 Å². The largest absolute Gasteiger partial charge is 0.468 e. The van der Waals surface area contributed by atoms with Crippen LogP contribution in [0.5, 0.6) is 0 Å². The first-order valence-corrected chi connectivity index (χ1v) is 6.89. The Hall–Kier alpha value is -0.650. The maximum absolute atomic E-state index is 11.2. The van der Waals surface area contributed by atoms with Crippen LogP contribution in [0.25, 0.3) is 0 Å². The van der Waals surface area contributed by atoms with Gasteiger partial charge in [-0.25, -0.2) is 0 Å². The van der Waals surface area contributed by atoms with Crippen LogP contribution in [0, 0.1) is 0 Å². The van der Waals surface area contributed by atoms with Gasteiger partial charge >= 0.3 is 5.97 Å². The number of nitrogens with zero attached hydrogens (tertiary/aromatic N) is 1. The van der Waals surface area contributed by atoms with Crippen LogP contribution < -0.4 is 5.48 Å². The van der Waals surface area contributed by atoms with Crippen LogP contribution in [0.1, 0.15) is 46.0 Å². The van der Waals surface area contributed by atoms with E-state index in [1.54, 1.807) is 0 Å². The molecule has 2 N–H and O–H groups in total. The topological polar surface area (TPSA) is 61.8 Å². The third kappa shape index (κ3) is 7.63. The molecule has 0 aromatic heterocycles. The van der Waals surface area contributed by atoms with Gasteiger partial charge in [0.05, 0.1) is 7.11 Å². The number of rotatable bonds is 11. The fourth-order valence-corrected chi connectivity index (χ4v) is 2.03. The lowest BCUT2D eigenvalue weighted by Crippen LogP contribution is -2.35. The van der Waals surface area contributed by atoms with Crippen molar-refractivity contribution in [2.45, 2.75) is 52.0 Å². The quantitative estimate of drug-likeness (QED) is 0.337. The van der Waals surface area contributed by atoms with Gasteiger partial charge in [-0.05, 0) is 51.7 Å². The number of hydrogen-bond acceptors (Lipinski definition) is 5. The molecule has 18 heavy (non-hydrogen) atoms. The molecular formula is C13H28N2O3. The number of esters is 1. The zero-order valence-corrected chi connectivity index (χ0v) is 11.9. The van der Waals surface area contributed by atoms with Gasteiger partial charge in [0.25, 0.3) is 0 Å². The summed E-state index contributed by atoms with van der Waals surface area (Å²) in [5.74, 6) is -0.406. The summed E-state index contributed by atoms with van der Waals surface area (Å²) in [6.45, 7) is 7.69. The molecule has 0 aliphatic heterocycles. The lowest BCUT2D eigenvalue weighted by molar-refractivity contribution is -0.146. The first-order chi connectivity index (χ1) is 8.69. The maximum atomic E-state index is 11.2. The van der Waals surface area contributed by atoms with Crippen LogP contribution in [0.15, 0.2) is 0 Å².